The maximum absolute atomic E-state index is 8.40. The lowest BCUT2D eigenvalue weighted by Crippen LogP contribution is -1.95. The first-order valence-corrected chi connectivity index (χ1v) is 4.07. The molecule has 68 valence electrons. The number of anilines is 1. The molecule has 0 aliphatic heterocycles. The minimum Gasteiger partial charge on any atom is -0.497 e. The van der Waals surface area contributed by atoms with Gasteiger partial charge in [0.05, 0.1) is 13.2 Å². The molecule has 0 atom stereocenters. The largest absolute Gasteiger partial charge is 0.497 e. The van der Waals surface area contributed by atoms with E-state index in [-0.39, 0.29) is 0 Å². The second-order valence-corrected chi connectivity index (χ2v) is 2.72. The fourth-order valence-corrected chi connectivity index (χ4v) is 1.12. The zero-order chi connectivity index (χ0) is 9.68. The van der Waals surface area contributed by atoms with E-state index in [4.69, 9.17) is 15.7 Å². The van der Waals surface area contributed by atoms with Crippen molar-refractivity contribution in [2.24, 2.45) is 0 Å². The molecule has 0 saturated heterocycles. The van der Waals surface area contributed by atoms with Gasteiger partial charge in [0.1, 0.15) is 5.75 Å². The van der Waals surface area contributed by atoms with Gasteiger partial charge in [0, 0.05) is 18.2 Å². The van der Waals surface area contributed by atoms with Gasteiger partial charge < -0.3 is 10.5 Å². The van der Waals surface area contributed by atoms with Crippen molar-refractivity contribution in [3.63, 3.8) is 0 Å². The standard InChI is InChI=1S/C10H12N2O/c1-13-9-5-4-8(3-2-6-11)10(12)7-9/h4-5,7H,2-3,12H2,1H3. The van der Waals surface area contributed by atoms with Gasteiger partial charge in [0.2, 0.25) is 0 Å². The van der Waals surface area contributed by atoms with Gasteiger partial charge in [0.25, 0.3) is 0 Å². The van der Waals surface area contributed by atoms with E-state index in [1.165, 1.54) is 0 Å². The van der Waals surface area contributed by atoms with Gasteiger partial charge in [-0.05, 0) is 18.1 Å². The highest BCUT2D eigenvalue weighted by Crippen LogP contribution is 2.20. The Hall–Kier alpha value is -1.69. The SMILES string of the molecule is COc1ccc(CCC#N)c(N)c1. The van der Waals surface area contributed by atoms with Gasteiger partial charge in [-0.3, -0.25) is 0 Å². The Bertz CT molecular complexity index is 328. The maximum Gasteiger partial charge on any atom is 0.120 e. The molecule has 0 aromatic heterocycles. The van der Waals surface area contributed by atoms with E-state index >= 15 is 0 Å². The van der Waals surface area contributed by atoms with E-state index in [1.807, 2.05) is 12.1 Å². The predicted octanol–water partition coefficient (Wildman–Crippen LogP) is 1.73. The van der Waals surface area contributed by atoms with Crippen molar-refractivity contribution in [2.75, 3.05) is 12.8 Å². The zero-order valence-electron chi connectivity index (χ0n) is 7.58. The summed E-state index contributed by atoms with van der Waals surface area (Å²) in [6, 6.07) is 7.60. The molecule has 0 radical (unpaired) electrons. The van der Waals surface area contributed by atoms with Crippen molar-refractivity contribution >= 4 is 5.69 Å². The third-order valence-electron chi connectivity index (χ3n) is 1.86. The van der Waals surface area contributed by atoms with Crippen LogP contribution in [0.1, 0.15) is 12.0 Å². The van der Waals surface area contributed by atoms with Crippen LogP contribution >= 0.6 is 0 Å². The van der Waals surface area contributed by atoms with Crippen molar-refractivity contribution in [2.45, 2.75) is 12.8 Å². The van der Waals surface area contributed by atoms with Gasteiger partial charge in [-0.25, -0.2) is 0 Å². The fourth-order valence-electron chi connectivity index (χ4n) is 1.12. The van der Waals surface area contributed by atoms with Crippen LogP contribution in [-0.4, -0.2) is 7.11 Å². The first-order valence-electron chi connectivity index (χ1n) is 4.07. The third-order valence-corrected chi connectivity index (χ3v) is 1.86. The number of nitrogens with two attached hydrogens (primary N) is 1. The van der Waals surface area contributed by atoms with Gasteiger partial charge >= 0.3 is 0 Å². The molecular weight excluding hydrogens is 164 g/mol. The van der Waals surface area contributed by atoms with Crippen molar-refractivity contribution in [1.29, 1.82) is 5.26 Å². The molecule has 0 unspecified atom stereocenters. The lowest BCUT2D eigenvalue weighted by atomic mass is 10.1. The molecule has 2 N–H and O–H groups in total. The summed E-state index contributed by atoms with van der Waals surface area (Å²) in [7, 11) is 1.60. The molecule has 0 bridgehead atoms. The normalized spacial score (nSPS) is 9.23. The average molecular weight is 176 g/mol. The number of hydrogen-bond acceptors (Lipinski definition) is 3. The number of benzene rings is 1. The Balaban J connectivity index is 2.80. The van der Waals surface area contributed by atoms with E-state index in [9.17, 15) is 0 Å². The van der Waals surface area contributed by atoms with Crippen LogP contribution in [0, 0.1) is 11.3 Å². The average Bonchev–Trinajstić information content (AvgIpc) is 2.16. The lowest BCUT2D eigenvalue weighted by Gasteiger charge is -2.05. The minimum atomic E-state index is 0.497. The molecule has 1 rings (SSSR count). The fraction of sp³-hybridized carbons (Fsp3) is 0.300. The quantitative estimate of drug-likeness (QED) is 0.713. The first-order chi connectivity index (χ1) is 6.27. The second-order valence-electron chi connectivity index (χ2n) is 2.72. The summed E-state index contributed by atoms with van der Waals surface area (Å²) in [5.74, 6) is 0.748. The number of aryl methyl sites for hydroxylation is 1. The molecule has 0 heterocycles. The number of nitrogens with zero attached hydrogens (tertiary/aromatic N) is 1. The number of nitrogen functional groups attached to an aromatic ring is 1. The van der Waals surface area contributed by atoms with Gasteiger partial charge in [-0.15, -0.1) is 0 Å². The molecule has 0 aliphatic rings. The number of ether oxygens (including phenoxy) is 1. The van der Waals surface area contributed by atoms with Gasteiger partial charge in [-0.1, -0.05) is 6.07 Å². The van der Waals surface area contributed by atoms with E-state index in [0.29, 0.717) is 18.5 Å². The Morgan fingerprint density at radius 2 is 2.31 bits per heavy atom. The summed E-state index contributed by atoms with van der Waals surface area (Å²) in [4.78, 5) is 0. The zero-order valence-corrected chi connectivity index (χ0v) is 7.58. The molecule has 0 amide bonds. The summed E-state index contributed by atoms with van der Waals surface area (Å²) >= 11 is 0. The smallest absolute Gasteiger partial charge is 0.120 e. The van der Waals surface area contributed by atoms with Crippen LogP contribution in [0.25, 0.3) is 0 Å². The van der Waals surface area contributed by atoms with Crippen molar-refractivity contribution in [1.82, 2.24) is 0 Å². The lowest BCUT2D eigenvalue weighted by molar-refractivity contribution is 0.415. The third kappa shape index (κ3) is 2.38. The molecule has 1 aromatic carbocycles. The maximum atomic E-state index is 8.40. The predicted molar refractivity (Wildman–Crippen MR) is 51.3 cm³/mol. The van der Waals surface area contributed by atoms with E-state index in [0.717, 1.165) is 11.3 Å². The molecule has 0 fully saturated rings. The van der Waals surface area contributed by atoms with Crippen LogP contribution in [0.5, 0.6) is 5.75 Å². The Morgan fingerprint density at radius 3 is 2.85 bits per heavy atom. The summed E-state index contributed by atoms with van der Waals surface area (Å²) in [5.41, 5.74) is 7.44. The highest BCUT2D eigenvalue weighted by Gasteiger charge is 2.00. The van der Waals surface area contributed by atoms with Crippen LogP contribution in [0.3, 0.4) is 0 Å². The Kier molecular flexibility index (Phi) is 3.15. The molecular formula is C10H12N2O. The number of hydrogen-bond donors (Lipinski definition) is 1. The summed E-state index contributed by atoms with van der Waals surface area (Å²) in [6.07, 6.45) is 1.20. The number of rotatable bonds is 3. The molecule has 3 nitrogen and oxygen atoms in total. The molecule has 3 heteroatoms. The topological polar surface area (TPSA) is 59.0 Å². The van der Waals surface area contributed by atoms with Crippen LogP contribution in [-0.2, 0) is 6.42 Å². The molecule has 0 spiro atoms. The Morgan fingerprint density at radius 1 is 1.54 bits per heavy atom. The number of nitriles is 1. The van der Waals surface area contributed by atoms with Crippen molar-refractivity contribution < 1.29 is 4.74 Å². The molecule has 0 saturated carbocycles. The van der Waals surface area contributed by atoms with Crippen LogP contribution in [0.2, 0.25) is 0 Å². The van der Waals surface area contributed by atoms with E-state index in [1.54, 1.807) is 13.2 Å². The number of methoxy groups -OCH3 is 1. The minimum absolute atomic E-state index is 0.497. The van der Waals surface area contributed by atoms with Crippen LogP contribution < -0.4 is 10.5 Å². The van der Waals surface area contributed by atoms with Crippen LogP contribution in [0.15, 0.2) is 18.2 Å². The molecule has 13 heavy (non-hydrogen) atoms. The summed E-state index contributed by atoms with van der Waals surface area (Å²) in [6.45, 7) is 0. The summed E-state index contributed by atoms with van der Waals surface area (Å²) in [5, 5.41) is 8.40. The Labute approximate surface area is 77.7 Å². The highest BCUT2D eigenvalue weighted by atomic mass is 16.5. The van der Waals surface area contributed by atoms with E-state index in [2.05, 4.69) is 6.07 Å². The molecule has 0 aliphatic carbocycles. The monoisotopic (exact) mass is 176 g/mol. The second kappa shape index (κ2) is 4.36. The first kappa shape index (κ1) is 9.40. The summed E-state index contributed by atoms with van der Waals surface area (Å²) < 4.78 is 5.01. The van der Waals surface area contributed by atoms with Gasteiger partial charge in [0.15, 0.2) is 0 Å². The van der Waals surface area contributed by atoms with Crippen molar-refractivity contribution in [3.8, 4) is 11.8 Å². The van der Waals surface area contributed by atoms with Crippen LogP contribution in [0.4, 0.5) is 5.69 Å². The van der Waals surface area contributed by atoms with Gasteiger partial charge in [-0.2, -0.15) is 5.26 Å². The highest BCUT2D eigenvalue weighted by molar-refractivity contribution is 5.51. The molecule has 1 aromatic rings. The van der Waals surface area contributed by atoms with E-state index < -0.39 is 0 Å². The van der Waals surface area contributed by atoms with Crippen molar-refractivity contribution in [3.05, 3.63) is 23.8 Å².